The fourth-order valence-electron chi connectivity index (χ4n) is 3.75. The molecule has 4 rings (SSSR count). The van der Waals surface area contributed by atoms with Gasteiger partial charge in [0.2, 0.25) is 0 Å². The Kier molecular flexibility index (Phi) is 4.73. The molecule has 26 heavy (non-hydrogen) atoms. The maximum Gasteiger partial charge on any atom is 0.254 e. The monoisotopic (exact) mass is 351 g/mol. The number of benzene rings is 1. The molecule has 1 fully saturated rings. The number of aryl methyl sites for hydroxylation is 1. The summed E-state index contributed by atoms with van der Waals surface area (Å²) in [6.07, 6.45) is 5.96. The fourth-order valence-corrected chi connectivity index (χ4v) is 3.75. The number of piperidine rings is 1. The normalized spacial score (nSPS) is 15.5. The van der Waals surface area contributed by atoms with Crippen molar-refractivity contribution in [3.8, 4) is 5.75 Å². The van der Waals surface area contributed by atoms with E-state index in [4.69, 9.17) is 4.74 Å². The van der Waals surface area contributed by atoms with Crippen LogP contribution in [0.2, 0.25) is 0 Å². The molecule has 0 N–H and O–H groups in total. The van der Waals surface area contributed by atoms with Gasteiger partial charge in [0, 0.05) is 24.8 Å². The Hall–Kier alpha value is -2.63. The van der Waals surface area contributed by atoms with Gasteiger partial charge in [-0.1, -0.05) is 19.1 Å². The average molecular weight is 351 g/mol. The lowest BCUT2D eigenvalue weighted by molar-refractivity contribution is 0.397. The highest BCUT2D eigenvalue weighted by Crippen LogP contribution is 2.27. The van der Waals surface area contributed by atoms with Crippen LogP contribution < -0.4 is 9.64 Å². The Morgan fingerprint density at radius 1 is 1.19 bits per heavy atom. The minimum atomic E-state index is 0.692. The first-order valence-electron chi connectivity index (χ1n) is 9.34. The molecule has 1 aliphatic rings. The highest BCUT2D eigenvalue weighted by Gasteiger charge is 2.22. The molecule has 1 saturated heterocycles. The van der Waals surface area contributed by atoms with E-state index in [0.717, 1.165) is 43.2 Å². The quantitative estimate of drug-likeness (QED) is 0.707. The first-order valence-corrected chi connectivity index (χ1v) is 9.34. The van der Waals surface area contributed by atoms with E-state index in [1.807, 2.05) is 10.6 Å². The Labute approximate surface area is 153 Å². The smallest absolute Gasteiger partial charge is 0.254 e. The predicted molar refractivity (Wildman–Crippen MR) is 102 cm³/mol. The van der Waals surface area contributed by atoms with Crippen molar-refractivity contribution in [3.05, 3.63) is 47.9 Å². The van der Waals surface area contributed by atoms with E-state index >= 15 is 0 Å². The lowest BCUT2D eigenvalue weighted by atomic mass is 9.90. The number of ether oxygens (including phenoxy) is 1. The lowest BCUT2D eigenvalue weighted by Crippen LogP contribution is -2.35. The number of anilines is 1. The molecule has 136 valence electrons. The number of methoxy groups -OCH3 is 1. The third-order valence-corrected chi connectivity index (χ3v) is 5.25. The van der Waals surface area contributed by atoms with E-state index in [-0.39, 0.29) is 0 Å². The Bertz CT molecular complexity index is 883. The van der Waals surface area contributed by atoms with Gasteiger partial charge in [0.05, 0.1) is 7.11 Å². The molecule has 0 spiro atoms. The zero-order valence-corrected chi connectivity index (χ0v) is 15.4. The SMILES string of the molecule is CCc1cc(N2CCC(Cc3cccc(OC)c3)CC2)n2ncnc2n1. The average Bonchev–Trinajstić information content (AvgIpc) is 3.16. The summed E-state index contributed by atoms with van der Waals surface area (Å²) in [6.45, 7) is 4.20. The van der Waals surface area contributed by atoms with Crippen LogP contribution in [0.5, 0.6) is 5.75 Å². The van der Waals surface area contributed by atoms with E-state index in [1.54, 1.807) is 13.4 Å². The molecule has 0 saturated carbocycles. The Balaban J connectivity index is 1.46. The van der Waals surface area contributed by atoms with Crippen LogP contribution in [0.1, 0.15) is 31.0 Å². The summed E-state index contributed by atoms with van der Waals surface area (Å²) in [5.41, 5.74) is 2.43. The van der Waals surface area contributed by atoms with Crippen LogP contribution in [0.4, 0.5) is 5.82 Å². The number of aromatic nitrogens is 4. The molecule has 0 atom stereocenters. The van der Waals surface area contributed by atoms with Gasteiger partial charge in [0.15, 0.2) is 0 Å². The predicted octanol–water partition coefficient (Wildman–Crippen LogP) is 3.15. The second kappa shape index (κ2) is 7.32. The fraction of sp³-hybridized carbons (Fsp3) is 0.450. The van der Waals surface area contributed by atoms with Crippen molar-refractivity contribution >= 4 is 11.6 Å². The molecule has 1 aromatic carbocycles. The highest BCUT2D eigenvalue weighted by molar-refractivity contribution is 5.47. The van der Waals surface area contributed by atoms with Gasteiger partial charge in [0.1, 0.15) is 17.9 Å². The van der Waals surface area contributed by atoms with Gasteiger partial charge in [-0.3, -0.25) is 0 Å². The van der Waals surface area contributed by atoms with Gasteiger partial charge in [-0.05, 0) is 49.3 Å². The van der Waals surface area contributed by atoms with Crippen molar-refractivity contribution in [1.29, 1.82) is 0 Å². The molecule has 2 aromatic heterocycles. The Morgan fingerprint density at radius 2 is 2.04 bits per heavy atom. The number of nitrogens with zero attached hydrogens (tertiary/aromatic N) is 5. The zero-order chi connectivity index (χ0) is 17.9. The van der Waals surface area contributed by atoms with Crippen molar-refractivity contribution < 1.29 is 4.74 Å². The van der Waals surface area contributed by atoms with Crippen LogP contribution in [0.15, 0.2) is 36.7 Å². The molecule has 3 heterocycles. The van der Waals surface area contributed by atoms with E-state index in [0.29, 0.717) is 11.7 Å². The minimum absolute atomic E-state index is 0.692. The van der Waals surface area contributed by atoms with Crippen molar-refractivity contribution in [2.75, 3.05) is 25.1 Å². The van der Waals surface area contributed by atoms with Crippen LogP contribution in [-0.2, 0) is 12.8 Å². The van der Waals surface area contributed by atoms with Crippen LogP contribution in [-0.4, -0.2) is 39.8 Å². The van der Waals surface area contributed by atoms with Crippen LogP contribution in [0, 0.1) is 5.92 Å². The number of hydrogen-bond donors (Lipinski definition) is 0. The number of hydrogen-bond acceptors (Lipinski definition) is 5. The van der Waals surface area contributed by atoms with Gasteiger partial charge in [0.25, 0.3) is 5.78 Å². The molecule has 0 radical (unpaired) electrons. The lowest BCUT2D eigenvalue weighted by Gasteiger charge is -2.33. The second-order valence-corrected chi connectivity index (χ2v) is 6.92. The van der Waals surface area contributed by atoms with E-state index < -0.39 is 0 Å². The van der Waals surface area contributed by atoms with E-state index in [1.165, 1.54) is 18.4 Å². The number of rotatable bonds is 5. The molecular weight excluding hydrogens is 326 g/mol. The molecule has 3 aromatic rings. The first-order chi connectivity index (χ1) is 12.8. The zero-order valence-electron chi connectivity index (χ0n) is 15.4. The van der Waals surface area contributed by atoms with Crippen molar-refractivity contribution in [1.82, 2.24) is 19.6 Å². The molecule has 0 bridgehead atoms. The largest absolute Gasteiger partial charge is 0.497 e. The molecule has 0 unspecified atom stereocenters. The summed E-state index contributed by atoms with van der Waals surface area (Å²) in [6, 6.07) is 10.6. The van der Waals surface area contributed by atoms with Gasteiger partial charge >= 0.3 is 0 Å². The van der Waals surface area contributed by atoms with Gasteiger partial charge in [-0.25, -0.2) is 4.98 Å². The molecule has 6 nitrogen and oxygen atoms in total. The van der Waals surface area contributed by atoms with Gasteiger partial charge in [-0.15, -0.1) is 0 Å². The molecular formula is C20H25N5O. The molecule has 1 aliphatic heterocycles. The van der Waals surface area contributed by atoms with Crippen LogP contribution in [0.25, 0.3) is 5.78 Å². The summed E-state index contributed by atoms with van der Waals surface area (Å²) < 4.78 is 7.21. The molecule has 0 amide bonds. The van der Waals surface area contributed by atoms with Crippen molar-refractivity contribution in [3.63, 3.8) is 0 Å². The minimum Gasteiger partial charge on any atom is -0.497 e. The molecule has 0 aliphatic carbocycles. The third kappa shape index (κ3) is 3.36. The standard InChI is InChI=1S/C20H25N5O/c1-3-17-13-19(25-20(23-17)21-14-22-25)24-9-7-15(8-10-24)11-16-5-4-6-18(12-16)26-2/h4-6,12-15H,3,7-11H2,1-2H3. The van der Waals surface area contributed by atoms with Crippen molar-refractivity contribution in [2.45, 2.75) is 32.6 Å². The topological polar surface area (TPSA) is 55.6 Å². The number of fused-ring (bicyclic) bond motifs is 1. The van der Waals surface area contributed by atoms with Gasteiger partial charge < -0.3 is 9.64 Å². The van der Waals surface area contributed by atoms with Crippen LogP contribution >= 0.6 is 0 Å². The summed E-state index contributed by atoms with van der Waals surface area (Å²) in [4.78, 5) is 11.2. The summed E-state index contributed by atoms with van der Waals surface area (Å²) in [5.74, 6) is 3.46. The van der Waals surface area contributed by atoms with E-state index in [2.05, 4.69) is 51.2 Å². The third-order valence-electron chi connectivity index (χ3n) is 5.25. The first kappa shape index (κ1) is 16.8. The molecule has 6 heteroatoms. The summed E-state index contributed by atoms with van der Waals surface area (Å²) in [7, 11) is 1.72. The van der Waals surface area contributed by atoms with Gasteiger partial charge in [-0.2, -0.15) is 14.6 Å². The maximum absolute atomic E-state index is 5.34. The van der Waals surface area contributed by atoms with Crippen molar-refractivity contribution in [2.24, 2.45) is 5.92 Å². The second-order valence-electron chi connectivity index (χ2n) is 6.92. The highest BCUT2D eigenvalue weighted by atomic mass is 16.5. The summed E-state index contributed by atoms with van der Waals surface area (Å²) >= 11 is 0. The summed E-state index contributed by atoms with van der Waals surface area (Å²) in [5, 5.41) is 4.36. The Morgan fingerprint density at radius 3 is 2.81 bits per heavy atom. The van der Waals surface area contributed by atoms with Crippen LogP contribution in [0.3, 0.4) is 0 Å². The maximum atomic E-state index is 5.34. The van der Waals surface area contributed by atoms with E-state index in [9.17, 15) is 0 Å².